The summed E-state index contributed by atoms with van der Waals surface area (Å²) in [6.07, 6.45) is 1.83. The number of halogens is 1. The summed E-state index contributed by atoms with van der Waals surface area (Å²) < 4.78 is 5.93. The van der Waals surface area contributed by atoms with Crippen molar-refractivity contribution in [1.82, 2.24) is 4.90 Å². The van der Waals surface area contributed by atoms with Gasteiger partial charge in [0.1, 0.15) is 0 Å². The maximum atomic E-state index is 11.8. The van der Waals surface area contributed by atoms with Crippen LogP contribution in [0, 0.1) is 5.92 Å². The van der Waals surface area contributed by atoms with Crippen molar-refractivity contribution >= 4 is 18.4 Å². The molecule has 1 saturated heterocycles. The van der Waals surface area contributed by atoms with Crippen molar-refractivity contribution in [1.29, 1.82) is 0 Å². The fourth-order valence-electron chi connectivity index (χ4n) is 3.95. The zero-order chi connectivity index (χ0) is 19.1. The Hall–Kier alpha value is -1.88. The maximum Gasteiger partial charge on any atom is 0.333 e. The zero-order valence-electron chi connectivity index (χ0n) is 16.4. The molecule has 0 aliphatic carbocycles. The Morgan fingerprint density at radius 2 is 1.54 bits per heavy atom. The summed E-state index contributed by atoms with van der Waals surface area (Å²) in [5.74, 6) is -0.523. The van der Waals surface area contributed by atoms with Crippen LogP contribution in [0.1, 0.15) is 36.3 Å². The molecular formula is C23H30ClNO3. The predicted molar refractivity (Wildman–Crippen MR) is 114 cm³/mol. The van der Waals surface area contributed by atoms with Crippen LogP contribution in [0.3, 0.4) is 0 Å². The Balaban J connectivity index is 0.00000280. The SMILES string of the molecule is CN1CCC(C(OCCC(c2ccccc2)c2ccccc2)C(=O)O)CC1.Cl. The fraction of sp³-hybridized carbons (Fsp3) is 0.435. The van der Waals surface area contributed by atoms with Crippen LogP contribution in [-0.4, -0.2) is 48.8 Å². The number of benzene rings is 2. The number of carboxylic acids is 1. The summed E-state index contributed by atoms with van der Waals surface area (Å²) in [7, 11) is 2.08. The molecule has 4 nitrogen and oxygen atoms in total. The Labute approximate surface area is 173 Å². The minimum atomic E-state index is -0.833. The van der Waals surface area contributed by atoms with Gasteiger partial charge in [-0.3, -0.25) is 0 Å². The Morgan fingerprint density at radius 3 is 2.00 bits per heavy atom. The lowest BCUT2D eigenvalue weighted by atomic mass is 9.88. The Morgan fingerprint density at radius 1 is 1.04 bits per heavy atom. The van der Waals surface area contributed by atoms with Gasteiger partial charge in [0.15, 0.2) is 6.10 Å². The highest BCUT2D eigenvalue weighted by atomic mass is 35.5. The lowest BCUT2D eigenvalue weighted by molar-refractivity contribution is -0.155. The summed E-state index contributed by atoms with van der Waals surface area (Å²) in [6.45, 7) is 2.32. The average molecular weight is 404 g/mol. The molecule has 0 aromatic heterocycles. The number of nitrogens with zero attached hydrogens (tertiary/aromatic N) is 1. The highest BCUT2D eigenvalue weighted by Crippen LogP contribution is 2.29. The molecule has 2 aromatic rings. The molecule has 0 radical (unpaired) electrons. The molecule has 1 atom stereocenters. The second kappa shape index (κ2) is 11.2. The van der Waals surface area contributed by atoms with Crippen LogP contribution in [-0.2, 0) is 9.53 Å². The average Bonchev–Trinajstić information content (AvgIpc) is 2.70. The maximum absolute atomic E-state index is 11.8. The summed E-state index contributed by atoms with van der Waals surface area (Å²) in [5, 5.41) is 9.65. The third-order valence-corrected chi connectivity index (χ3v) is 5.54. The first kappa shape index (κ1) is 22.4. The Bertz CT molecular complexity index is 663. The number of likely N-dealkylation sites (tertiary alicyclic amines) is 1. The second-order valence-electron chi connectivity index (χ2n) is 7.43. The minimum Gasteiger partial charge on any atom is -0.479 e. The molecule has 0 amide bonds. The number of piperidine rings is 1. The highest BCUT2D eigenvalue weighted by Gasteiger charge is 2.31. The standard InChI is InChI=1S/C23H29NO3.ClH/c1-24-15-12-20(13-16-24)22(23(25)26)27-17-14-21(18-8-4-2-5-9-18)19-10-6-3-7-11-19;/h2-11,20-22H,12-17H2,1H3,(H,25,26);1H. The zero-order valence-corrected chi connectivity index (χ0v) is 17.2. The monoisotopic (exact) mass is 403 g/mol. The van der Waals surface area contributed by atoms with Gasteiger partial charge in [0, 0.05) is 12.5 Å². The number of hydrogen-bond donors (Lipinski definition) is 1. The molecular weight excluding hydrogens is 374 g/mol. The van der Waals surface area contributed by atoms with Gasteiger partial charge in [0.25, 0.3) is 0 Å². The molecule has 1 fully saturated rings. The summed E-state index contributed by atoms with van der Waals surface area (Å²) in [4.78, 5) is 14.0. The quantitative estimate of drug-likeness (QED) is 0.707. The van der Waals surface area contributed by atoms with Gasteiger partial charge in [-0.15, -0.1) is 12.4 Å². The van der Waals surface area contributed by atoms with E-state index in [9.17, 15) is 9.90 Å². The number of aliphatic carboxylic acids is 1. The first-order valence-corrected chi connectivity index (χ1v) is 9.78. The van der Waals surface area contributed by atoms with Crippen molar-refractivity contribution in [3.8, 4) is 0 Å². The number of ether oxygens (including phenoxy) is 1. The molecule has 2 aromatic carbocycles. The number of carboxylic acid groups (broad SMARTS) is 1. The molecule has 1 aliphatic heterocycles. The van der Waals surface area contributed by atoms with E-state index in [-0.39, 0.29) is 24.2 Å². The molecule has 3 rings (SSSR count). The molecule has 0 bridgehead atoms. The normalized spacial score (nSPS) is 16.5. The summed E-state index contributed by atoms with van der Waals surface area (Å²) in [6, 6.07) is 20.7. The van der Waals surface area contributed by atoms with E-state index in [1.54, 1.807) is 0 Å². The van der Waals surface area contributed by atoms with Crippen molar-refractivity contribution in [3.05, 3.63) is 71.8 Å². The van der Waals surface area contributed by atoms with Gasteiger partial charge in [-0.2, -0.15) is 0 Å². The van der Waals surface area contributed by atoms with E-state index in [1.807, 2.05) is 36.4 Å². The Kier molecular flexibility index (Phi) is 8.97. The van der Waals surface area contributed by atoms with E-state index in [4.69, 9.17) is 4.74 Å². The number of rotatable bonds is 8. The molecule has 1 heterocycles. The van der Waals surface area contributed by atoms with Crippen LogP contribution in [0.4, 0.5) is 0 Å². The van der Waals surface area contributed by atoms with Gasteiger partial charge in [0.05, 0.1) is 0 Å². The van der Waals surface area contributed by atoms with Gasteiger partial charge in [-0.05, 0) is 56.4 Å². The molecule has 0 saturated carbocycles. The molecule has 28 heavy (non-hydrogen) atoms. The van der Waals surface area contributed by atoms with Gasteiger partial charge in [-0.1, -0.05) is 60.7 Å². The predicted octanol–water partition coefficient (Wildman–Crippen LogP) is 4.44. The van der Waals surface area contributed by atoms with E-state index >= 15 is 0 Å². The molecule has 1 N–H and O–H groups in total. The smallest absolute Gasteiger partial charge is 0.333 e. The molecule has 1 unspecified atom stereocenters. The molecule has 1 aliphatic rings. The first-order valence-electron chi connectivity index (χ1n) is 9.78. The van der Waals surface area contributed by atoms with Gasteiger partial charge in [-0.25, -0.2) is 4.79 Å². The van der Waals surface area contributed by atoms with Crippen molar-refractivity contribution in [2.75, 3.05) is 26.7 Å². The van der Waals surface area contributed by atoms with Gasteiger partial charge in [0.2, 0.25) is 0 Å². The van der Waals surface area contributed by atoms with Crippen LogP contribution in [0.5, 0.6) is 0 Å². The lowest BCUT2D eigenvalue weighted by Crippen LogP contribution is -2.40. The largest absolute Gasteiger partial charge is 0.479 e. The van der Waals surface area contributed by atoms with Crippen LogP contribution in [0.2, 0.25) is 0 Å². The molecule has 0 spiro atoms. The summed E-state index contributed by atoms with van der Waals surface area (Å²) >= 11 is 0. The van der Waals surface area contributed by atoms with Gasteiger partial charge < -0.3 is 14.7 Å². The lowest BCUT2D eigenvalue weighted by Gasteiger charge is -2.32. The molecule has 152 valence electrons. The van der Waals surface area contributed by atoms with Gasteiger partial charge >= 0.3 is 5.97 Å². The number of carbonyl (C=O) groups is 1. The topological polar surface area (TPSA) is 49.8 Å². The van der Waals surface area contributed by atoms with E-state index in [0.29, 0.717) is 6.61 Å². The number of hydrogen-bond acceptors (Lipinski definition) is 3. The van der Waals surface area contributed by atoms with Crippen molar-refractivity contribution in [2.45, 2.75) is 31.3 Å². The van der Waals surface area contributed by atoms with Crippen LogP contribution >= 0.6 is 12.4 Å². The van der Waals surface area contributed by atoms with Crippen LogP contribution in [0.15, 0.2) is 60.7 Å². The van der Waals surface area contributed by atoms with Crippen molar-refractivity contribution in [2.24, 2.45) is 5.92 Å². The molecule has 5 heteroatoms. The van der Waals surface area contributed by atoms with E-state index in [1.165, 1.54) is 11.1 Å². The van der Waals surface area contributed by atoms with E-state index < -0.39 is 12.1 Å². The highest BCUT2D eigenvalue weighted by molar-refractivity contribution is 5.85. The van der Waals surface area contributed by atoms with Crippen molar-refractivity contribution in [3.63, 3.8) is 0 Å². The van der Waals surface area contributed by atoms with Crippen LogP contribution in [0.25, 0.3) is 0 Å². The van der Waals surface area contributed by atoms with E-state index in [0.717, 1.165) is 32.4 Å². The fourth-order valence-corrected chi connectivity index (χ4v) is 3.95. The van der Waals surface area contributed by atoms with E-state index in [2.05, 4.69) is 36.2 Å². The second-order valence-corrected chi connectivity index (χ2v) is 7.43. The first-order chi connectivity index (χ1) is 13.1. The summed E-state index contributed by atoms with van der Waals surface area (Å²) in [5.41, 5.74) is 2.47. The van der Waals surface area contributed by atoms with Crippen molar-refractivity contribution < 1.29 is 14.6 Å². The third kappa shape index (κ3) is 6.06. The third-order valence-electron chi connectivity index (χ3n) is 5.54. The minimum absolute atomic E-state index is 0. The van der Waals surface area contributed by atoms with Crippen LogP contribution < -0.4 is 0 Å².